The minimum atomic E-state index is -0.860. The van der Waals surface area contributed by atoms with E-state index in [0.717, 1.165) is 32.1 Å². The highest BCUT2D eigenvalue weighted by atomic mass is 16.4. The van der Waals surface area contributed by atoms with Crippen LogP contribution in [0.5, 0.6) is 0 Å². The molecule has 0 aromatic rings. The highest BCUT2D eigenvalue weighted by molar-refractivity contribution is 5.86. The second-order valence-electron chi connectivity index (χ2n) is 12.0. The molecule has 0 saturated carbocycles. The highest BCUT2D eigenvalue weighted by Crippen LogP contribution is 2.15. The SMILES string of the molecule is CCCCCCCCCCCCCC=CC=CC=CC=C(CCCCCCCCCCCCCCC=CC(=O)O)C(=O)O. The maximum atomic E-state index is 11.6. The van der Waals surface area contributed by atoms with E-state index in [1.54, 1.807) is 12.2 Å². The van der Waals surface area contributed by atoms with Crippen LogP contribution in [0.15, 0.2) is 60.3 Å². The summed E-state index contributed by atoms with van der Waals surface area (Å²) in [6.07, 6.45) is 48.9. The number of carboxylic acid groups (broad SMARTS) is 2. The topological polar surface area (TPSA) is 74.6 Å². The third-order valence-electron chi connectivity index (χ3n) is 7.95. The molecular weight excluding hydrogens is 532 g/mol. The Labute approximate surface area is 265 Å². The summed E-state index contributed by atoms with van der Waals surface area (Å²) >= 11 is 0. The van der Waals surface area contributed by atoms with Crippen LogP contribution < -0.4 is 0 Å². The number of carboxylic acids is 2. The van der Waals surface area contributed by atoms with Crippen molar-refractivity contribution in [3.63, 3.8) is 0 Å². The van der Waals surface area contributed by atoms with Crippen LogP contribution in [0.2, 0.25) is 0 Å². The molecule has 0 bridgehead atoms. The lowest BCUT2D eigenvalue weighted by Crippen LogP contribution is -2.00. The van der Waals surface area contributed by atoms with Crippen LogP contribution in [-0.4, -0.2) is 22.2 Å². The maximum absolute atomic E-state index is 11.6. The van der Waals surface area contributed by atoms with Crippen LogP contribution in [-0.2, 0) is 9.59 Å². The predicted octanol–water partition coefficient (Wildman–Crippen LogP) is 12.5. The van der Waals surface area contributed by atoms with Gasteiger partial charge < -0.3 is 10.2 Å². The van der Waals surface area contributed by atoms with E-state index in [1.165, 1.54) is 134 Å². The van der Waals surface area contributed by atoms with Crippen LogP contribution in [0.4, 0.5) is 0 Å². The Kier molecular flexibility index (Phi) is 32.3. The van der Waals surface area contributed by atoms with Gasteiger partial charge >= 0.3 is 11.9 Å². The molecule has 0 saturated heterocycles. The standard InChI is InChI=1S/C39H66O4/c1-2-3-4-5-6-7-8-9-10-11-12-13-16-19-22-25-28-31-34-37(39(42)43)35-32-29-26-23-20-17-14-15-18-21-24-27-30-33-36-38(40)41/h16,19,22,25,28,31,33-34,36H,2-15,17-18,20-21,23-24,26-27,29-30,32,35H2,1H3,(H,40,41)(H,42,43). The van der Waals surface area contributed by atoms with Gasteiger partial charge in [-0.2, -0.15) is 0 Å². The molecule has 0 aromatic carbocycles. The molecule has 0 atom stereocenters. The van der Waals surface area contributed by atoms with E-state index in [9.17, 15) is 14.7 Å². The first-order valence-electron chi connectivity index (χ1n) is 17.9. The van der Waals surface area contributed by atoms with Crippen molar-refractivity contribution in [2.75, 3.05) is 0 Å². The Morgan fingerprint density at radius 1 is 0.465 bits per heavy atom. The average molecular weight is 599 g/mol. The van der Waals surface area contributed by atoms with Crippen molar-refractivity contribution in [2.24, 2.45) is 0 Å². The van der Waals surface area contributed by atoms with Gasteiger partial charge in [0.1, 0.15) is 0 Å². The molecule has 246 valence electrons. The van der Waals surface area contributed by atoms with Crippen LogP contribution in [0.25, 0.3) is 0 Å². The van der Waals surface area contributed by atoms with E-state index < -0.39 is 11.9 Å². The quantitative estimate of drug-likeness (QED) is 0.0459. The first-order valence-corrected chi connectivity index (χ1v) is 17.9. The van der Waals surface area contributed by atoms with Crippen molar-refractivity contribution in [1.82, 2.24) is 0 Å². The first kappa shape index (κ1) is 40.6. The Balaban J connectivity index is 3.68. The highest BCUT2D eigenvalue weighted by Gasteiger charge is 2.05. The number of unbranched alkanes of at least 4 members (excludes halogenated alkanes) is 23. The molecule has 4 nitrogen and oxygen atoms in total. The van der Waals surface area contributed by atoms with E-state index in [0.29, 0.717) is 12.0 Å². The van der Waals surface area contributed by atoms with Gasteiger partial charge in [0.05, 0.1) is 0 Å². The Hall–Kier alpha value is -2.36. The van der Waals surface area contributed by atoms with Crippen molar-refractivity contribution < 1.29 is 19.8 Å². The van der Waals surface area contributed by atoms with Gasteiger partial charge in [-0.15, -0.1) is 0 Å². The summed E-state index contributed by atoms with van der Waals surface area (Å²) in [5.74, 6) is -1.67. The number of carbonyl (C=O) groups is 2. The molecule has 4 heteroatoms. The molecule has 0 rings (SSSR count). The number of rotatable bonds is 32. The lowest BCUT2D eigenvalue weighted by molar-refractivity contribution is -0.133. The maximum Gasteiger partial charge on any atom is 0.331 e. The zero-order valence-electron chi connectivity index (χ0n) is 27.8. The van der Waals surface area contributed by atoms with E-state index in [2.05, 4.69) is 19.1 Å². The molecule has 0 unspecified atom stereocenters. The largest absolute Gasteiger partial charge is 0.478 e. The van der Waals surface area contributed by atoms with Gasteiger partial charge in [-0.3, -0.25) is 0 Å². The van der Waals surface area contributed by atoms with Crippen molar-refractivity contribution in [3.8, 4) is 0 Å². The molecular formula is C39H66O4. The average Bonchev–Trinajstić information content (AvgIpc) is 2.98. The van der Waals surface area contributed by atoms with Crippen LogP contribution in [0.3, 0.4) is 0 Å². The van der Waals surface area contributed by atoms with Gasteiger partial charge in [-0.1, -0.05) is 184 Å². The van der Waals surface area contributed by atoms with Crippen molar-refractivity contribution >= 4 is 11.9 Å². The summed E-state index contributed by atoms with van der Waals surface area (Å²) in [4.78, 5) is 22.0. The molecule has 0 aliphatic heterocycles. The van der Waals surface area contributed by atoms with Crippen molar-refractivity contribution in [3.05, 3.63) is 60.3 Å². The lowest BCUT2D eigenvalue weighted by Gasteiger charge is -2.04. The molecule has 0 heterocycles. The number of allylic oxidation sites excluding steroid dienone is 8. The number of hydrogen-bond donors (Lipinski definition) is 2. The zero-order chi connectivity index (χ0) is 31.5. The fraction of sp³-hybridized carbons (Fsp3) is 0.692. The van der Waals surface area contributed by atoms with Crippen LogP contribution in [0.1, 0.15) is 174 Å². The van der Waals surface area contributed by atoms with Gasteiger partial charge in [0.2, 0.25) is 0 Å². The second-order valence-corrected chi connectivity index (χ2v) is 12.0. The summed E-state index contributed by atoms with van der Waals surface area (Å²) in [5.41, 5.74) is 0.495. The molecule has 2 N–H and O–H groups in total. The molecule has 0 radical (unpaired) electrons. The Bertz CT molecular complexity index is 787. The lowest BCUT2D eigenvalue weighted by atomic mass is 10.0. The summed E-state index contributed by atoms with van der Waals surface area (Å²) in [6, 6.07) is 0. The summed E-state index contributed by atoms with van der Waals surface area (Å²) in [7, 11) is 0. The molecule has 0 spiro atoms. The summed E-state index contributed by atoms with van der Waals surface area (Å²) in [5, 5.41) is 18.0. The predicted molar refractivity (Wildman–Crippen MR) is 186 cm³/mol. The molecule has 0 aliphatic carbocycles. The monoisotopic (exact) mass is 598 g/mol. The Morgan fingerprint density at radius 2 is 0.860 bits per heavy atom. The molecule has 0 aromatic heterocycles. The number of aliphatic carboxylic acids is 2. The fourth-order valence-corrected chi connectivity index (χ4v) is 5.26. The summed E-state index contributed by atoms with van der Waals surface area (Å²) < 4.78 is 0. The normalized spacial score (nSPS) is 12.5. The Morgan fingerprint density at radius 3 is 1.33 bits per heavy atom. The van der Waals surface area contributed by atoms with Gasteiger partial charge in [0, 0.05) is 11.6 Å². The van der Waals surface area contributed by atoms with E-state index in [-0.39, 0.29) is 0 Å². The van der Waals surface area contributed by atoms with Gasteiger partial charge in [0.25, 0.3) is 0 Å². The second kappa shape index (κ2) is 34.1. The summed E-state index contributed by atoms with van der Waals surface area (Å²) in [6.45, 7) is 2.27. The van der Waals surface area contributed by atoms with E-state index >= 15 is 0 Å². The van der Waals surface area contributed by atoms with Crippen LogP contribution >= 0.6 is 0 Å². The third-order valence-corrected chi connectivity index (χ3v) is 7.95. The van der Waals surface area contributed by atoms with Gasteiger partial charge in [-0.25, -0.2) is 9.59 Å². The minimum Gasteiger partial charge on any atom is -0.478 e. The van der Waals surface area contributed by atoms with Crippen LogP contribution in [0, 0.1) is 0 Å². The molecule has 0 aliphatic rings. The van der Waals surface area contributed by atoms with Crippen molar-refractivity contribution in [1.29, 1.82) is 0 Å². The first-order chi connectivity index (χ1) is 21.1. The van der Waals surface area contributed by atoms with E-state index in [1.807, 2.05) is 24.3 Å². The third kappa shape index (κ3) is 34.0. The molecule has 0 amide bonds. The van der Waals surface area contributed by atoms with Crippen molar-refractivity contribution in [2.45, 2.75) is 174 Å². The molecule has 0 fully saturated rings. The van der Waals surface area contributed by atoms with Gasteiger partial charge in [-0.05, 0) is 38.5 Å². The minimum absolute atomic E-state index is 0.495. The van der Waals surface area contributed by atoms with Gasteiger partial charge in [0.15, 0.2) is 0 Å². The molecule has 43 heavy (non-hydrogen) atoms. The number of hydrogen-bond acceptors (Lipinski definition) is 2. The zero-order valence-corrected chi connectivity index (χ0v) is 27.8. The fourth-order valence-electron chi connectivity index (χ4n) is 5.26. The smallest absolute Gasteiger partial charge is 0.331 e. The van der Waals surface area contributed by atoms with E-state index in [4.69, 9.17) is 5.11 Å².